The summed E-state index contributed by atoms with van der Waals surface area (Å²) >= 11 is 0. The van der Waals surface area contributed by atoms with E-state index in [1.165, 1.54) is 0 Å². The van der Waals surface area contributed by atoms with E-state index >= 15 is 0 Å². The van der Waals surface area contributed by atoms with E-state index in [1.54, 1.807) is 0 Å². The van der Waals surface area contributed by atoms with Crippen LogP contribution in [-0.4, -0.2) is 83.9 Å². The van der Waals surface area contributed by atoms with Crippen LogP contribution in [0.4, 0.5) is 0 Å². The van der Waals surface area contributed by atoms with Crippen LogP contribution in [0.2, 0.25) is 0 Å². The van der Waals surface area contributed by atoms with Gasteiger partial charge in [0, 0.05) is 52.4 Å². The minimum atomic E-state index is 0.629. The van der Waals surface area contributed by atoms with Gasteiger partial charge in [-0.3, -0.25) is 10.8 Å². The van der Waals surface area contributed by atoms with Crippen molar-refractivity contribution in [3.63, 3.8) is 0 Å². The molecular formula is C14H30N6. The normalized spacial score (nSPS) is 15.2. The molecule has 0 atom stereocenters. The van der Waals surface area contributed by atoms with E-state index in [0.29, 0.717) is 11.9 Å². The third-order valence-electron chi connectivity index (χ3n) is 4.00. The molecule has 0 aromatic rings. The Bertz CT molecular complexity index is 282. The van der Waals surface area contributed by atoms with Gasteiger partial charge in [-0.15, -0.1) is 0 Å². The van der Waals surface area contributed by atoms with Gasteiger partial charge in [0.2, 0.25) is 0 Å². The van der Waals surface area contributed by atoms with Crippen molar-refractivity contribution in [2.24, 2.45) is 0 Å². The van der Waals surface area contributed by atoms with Crippen LogP contribution in [0.15, 0.2) is 0 Å². The van der Waals surface area contributed by atoms with Crippen LogP contribution in [0.3, 0.4) is 0 Å². The van der Waals surface area contributed by atoms with Crippen molar-refractivity contribution in [3.8, 4) is 0 Å². The number of nitrogens with zero attached hydrogens (tertiary/aromatic N) is 4. The van der Waals surface area contributed by atoms with Crippen molar-refractivity contribution < 1.29 is 0 Å². The first-order valence-corrected chi connectivity index (χ1v) is 7.75. The lowest BCUT2D eigenvalue weighted by Gasteiger charge is -2.41. The molecule has 6 nitrogen and oxygen atoms in total. The van der Waals surface area contributed by atoms with E-state index in [1.807, 2.05) is 0 Å². The predicted molar refractivity (Wildman–Crippen MR) is 84.4 cm³/mol. The number of nitrogens with one attached hydrogen (secondary N) is 2. The van der Waals surface area contributed by atoms with Gasteiger partial charge >= 0.3 is 0 Å². The van der Waals surface area contributed by atoms with Gasteiger partial charge < -0.3 is 19.6 Å². The zero-order chi connectivity index (χ0) is 15.1. The third-order valence-corrected chi connectivity index (χ3v) is 4.00. The highest BCUT2D eigenvalue weighted by atomic mass is 15.4. The van der Waals surface area contributed by atoms with Gasteiger partial charge in [0.25, 0.3) is 0 Å². The molecule has 2 N–H and O–H groups in total. The summed E-state index contributed by atoms with van der Waals surface area (Å²) in [5, 5.41) is 16.5. The lowest BCUT2D eigenvalue weighted by Crippen LogP contribution is -2.56. The summed E-state index contributed by atoms with van der Waals surface area (Å²) in [5.74, 6) is 1.26. The fourth-order valence-electron chi connectivity index (χ4n) is 2.58. The quantitative estimate of drug-likeness (QED) is 0.600. The molecule has 0 bridgehead atoms. The standard InChI is InChI=1S/C14H30N6/c1-5-17(6-2)13(15)19-9-11-20(12-10-19)14(16)18(7-3)8-4/h15-16H,5-12H2,1-4H3. The molecular weight excluding hydrogens is 252 g/mol. The Balaban J connectivity index is 2.51. The van der Waals surface area contributed by atoms with Crippen molar-refractivity contribution in [1.82, 2.24) is 19.6 Å². The summed E-state index contributed by atoms with van der Waals surface area (Å²) in [7, 11) is 0. The van der Waals surface area contributed by atoms with Crippen LogP contribution in [0, 0.1) is 10.8 Å². The number of piperazine rings is 1. The van der Waals surface area contributed by atoms with Crippen LogP contribution < -0.4 is 0 Å². The predicted octanol–water partition coefficient (Wildman–Crippen LogP) is 1.16. The van der Waals surface area contributed by atoms with E-state index in [2.05, 4.69) is 47.3 Å². The summed E-state index contributed by atoms with van der Waals surface area (Å²) < 4.78 is 0. The summed E-state index contributed by atoms with van der Waals surface area (Å²) in [6, 6.07) is 0. The van der Waals surface area contributed by atoms with Gasteiger partial charge in [-0.25, -0.2) is 0 Å². The maximum absolute atomic E-state index is 8.24. The van der Waals surface area contributed by atoms with Crippen molar-refractivity contribution in [2.45, 2.75) is 27.7 Å². The fourth-order valence-corrected chi connectivity index (χ4v) is 2.58. The maximum atomic E-state index is 8.24. The molecule has 116 valence electrons. The summed E-state index contributed by atoms with van der Waals surface area (Å²) in [4.78, 5) is 8.40. The molecule has 20 heavy (non-hydrogen) atoms. The fraction of sp³-hybridized carbons (Fsp3) is 0.857. The smallest absolute Gasteiger partial charge is 0.193 e. The summed E-state index contributed by atoms with van der Waals surface area (Å²) in [6.45, 7) is 15.2. The topological polar surface area (TPSA) is 60.7 Å². The highest BCUT2D eigenvalue weighted by Gasteiger charge is 2.24. The summed E-state index contributed by atoms with van der Waals surface area (Å²) in [5.41, 5.74) is 0. The van der Waals surface area contributed by atoms with Gasteiger partial charge in [0.1, 0.15) is 0 Å². The molecule has 1 heterocycles. The van der Waals surface area contributed by atoms with Crippen molar-refractivity contribution >= 4 is 11.9 Å². The molecule has 0 spiro atoms. The van der Waals surface area contributed by atoms with Crippen LogP contribution >= 0.6 is 0 Å². The van der Waals surface area contributed by atoms with Gasteiger partial charge in [0.05, 0.1) is 0 Å². The lowest BCUT2D eigenvalue weighted by atomic mass is 10.3. The zero-order valence-corrected chi connectivity index (χ0v) is 13.4. The molecule has 1 rings (SSSR count). The number of rotatable bonds is 4. The first-order valence-electron chi connectivity index (χ1n) is 7.75. The van der Waals surface area contributed by atoms with E-state index < -0.39 is 0 Å². The Morgan fingerprint density at radius 3 is 1.15 bits per heavy atom. The SMILES string of the molecule is CCN(CC)C(=N)N1CCN(C(=N)N(CC)CC)CC1. The van der Waals surface area contributed by atoms with Gasteiger partial charge in [-0.2, -0.15) is 0 Å². The molecule has 0 radical (unpaired) electrons. The average molecular weight is 282 g/mol. The van der Waals surface area contributed by atoms with Crippen LogP contribution in [0.1, 0.15) is 27.7 Å². The molecule has 1 saturated heterocycles. The van der Waals surface area contributed by atoms with Gasteiger partial charge in [-0.05, 0) is 27.7 Å². The average Bonchev–Trinajstić information content (AvgIpc) is 2.49. The molecule has 1 aliphatic heterocycles. The highest BCUT2D eigenvalue weighted by Crippen LogP contribution is 2.07. The number of guanidine groups is 2. The first kappa shape index (κ1) is 16.6. The minimum Gasteiger partial charge on any atom is -0.344 e. The van der Waals surface area contributed by atoms with Crippen molar-refractivity contribution in [3.05, 3.63) is 0 Å². The molecule has 0 unspecified atom stereocenters. The maximum Gasteiger partial charge on any atom is 0.193 e. The monoisotopic (exact) mass is 282 g/mol. The Labute approximate surface area is 123 Å². The van der Waals surface area contributed by atoms with Gasteiger partial charge in [-0.1, -0.05) is 0 Å². The number of hydrogen-bond donors (Lipinski definition) is 2. The lowest BCUT2D eigenvalue weighted by molar-refractivity contribution is 0.211. The zero-order valence-electron chi connectivity index (χ0n) is 13.4. The Morgan fingerprint density at radius 2 is 0.950 bits per heavy atom. The second-order valence-electron chi connectivity index (χ2n) is 4.97. The molecule has 0 aromatic carbocycles. The Hall–Kier alpha value is -1.46. The van der Waals surface area contributed by atoms with E-state index in [4.69, 9.17) is 10.8 Å². The van der Waals surface area contributed by atoms with E-state index in [9.17, 15) is 0 Å². The Kier molecular flexibility index (Phi) is 6.61. The molecule has 0 aromatic heterocycles. The third kappa shape index (κ3) is 3.77. The largest absolute Gasteiger partial charge is 0.344 e. The summed E-state index contributed by atoms with van der Waals surface area (Å²) in [6.07, 6.45) is 0. The second kappa shape index (κ2) is 7.97. The first-order chi connectivity index (χ1) is 9.58. The molecule has 1 fully saturated rings. The molecule has 0 saturated carbocycles. The van der Waals surface area contributed by atoms with Crippen molar-refractivity contribution in [1.29, 1.82) is 10.8 Å². The molecule has 6 heteroatoms. The second-order valence-corrected chi connectivity index (χ2v) is 4.97. The van der Waals surface area contributed by atoms with Crippen molar-refractivity contribution in [2.75, 3.05) is 52.4 Å². The van der Waals surface area contributed by atoms with Crippen LogP contribution in [0.5, 0.6) is 0 Å². The number of hydrogen-bond acceptors (Lipinski definition) is 2. The highest BCUT2D eigenvalue weighted by molar-refractivity contribution is 5.79. The van der Waals surface area contributed by atoms with Gasteiger partial charge in [0.15, 0.2) is 11.9 Å². The molecule has 0 amide bonds. The molecule has 1 aliphatic rings. The Morgan fingerprint density at radius 1 is 0.700 bits per heavy atom. The minimum absolute atomic E-state index is 0.629. The van der Waals surface area contributed by atoms with Crippen LogP contribution in [0.25, 0.3) is 0 Å². The molecule has 0 aliphatic carbocycles. The van der Waals surface area contributed by atoms with Crippen LogP contribution in [-0.2, 0) is 0 Å². The van der Waals surface area contributed by atoms with E-state index in [0.717, 1.165) is 52.4 Å². The van der Waals surface area contributed by atoms with E-state index in [-0.39, 0.29) is 0 Å².